The summed E-state index contributed by atoms with van der Waals surface area (Å²) in [6.45, 7) is 0.989. The van der Waals surface area contributed by atoms with E-state index in [0.717, 1.165) is 12.8 Å². The molecule has 1 aliphatic heterocycles. The molecule has 0 saturated carbocycles. The first-order valence-electron chi connectivity index (χ1n) is 9.64. The second-order valence-corrected chi connectivity index (χ2v) is 8.72. The molecule has 1 aliphatic rings. The van der Waals surface area contributed by atoms with E-state index in [4.69, 9.17) is 14.2 Å². The van der Waals surface area contributed by atoms with E-state index in [1.54, 1.807) is 12.1 Å². The van der Waals surface area contributed by atoms with Gasteiger partial charge in [0, 0.05) is 30.8 Å². The van der Waals surface area contributed by atoms with Gasteiger partial charge in [-0.25, -0.2) is 13.8 Å². The lowest BCUT2D eigenvalue weighted by Gasteiger charge is -2.15. The smallest absolute Gasteiger partial charge is 0.271 e. The molecule has 0 unspecified atom stereocenters. The van der Waals surface area contributed by atoms with Gasteiger partial charge in [0.1, 0.15) is 17.2 Å². The molecular weight excluding hydrogens is 422 g/mol. The minimum Gasteiger partial charge on any atom is -0.496 e. The van der Waals surface area contributed by atoms with E-state index in [9.17, 15) is 13.2 Å². The van der Waals surface area contributed by atoms with E-state index < -0.39 is 15.9 Å². The van der Waals surface area contributed by atoms with E-state index in [0.29, 0.717) is 35.9 Å². The van der Waals surface area contributed by atoms with Crippen molar-refractivity contribution in [3.05, 3.63) is 47.5 Å². The maximum Gasteiger partial charge on any atom is 0.271 e. The van der Waals surface area contributed by atoms with Gasteiger partial charge < -0.3 is 14.2 Å². The number of rotatable bonds is 8. The number of carbonyl (C=O) groups is 1. The molecule has 0 atom stereocenters. The number of hydrogen-bond donors (Lipinski definition) is 1. The van der Waals surface area contributed by atoms with Crippen molar-refractivity contribution >= 4 is 22.1 Å². The predicted molar refractivity (Wildman–Crippen MR) is 116 cm³/mol. The van der Waals surface area contributed by atoms with Crippen LogP contribution < -0.4 is 19.6 Å². The summed E-state index contributed by atoms with van der Waals surface area (Å²) in [5, 5.41) is 3.97. The van der Waals surface area contributed by atoms with Gasteiger partial charge >= 0.3 is 0 Å². The molecule has 1 heterocycles. The van der Waals surface area contributed by atoms with Gasteiger partial charge in [-0.05, 0) is 31.0 Å². The zero-order valence-electron chi connectivity index (χ0n) is 17.6. The second-order valence-electron chi connectivity index (χ2n) is 6.78. The lowest BCUT2D eigenvalue weighted by atomic mass is 10.2. The summed E-state index contributed by atoms with van der Waals surface area (Å²) in [7, 11) is 0.908. The number of hydrazone groups is 1. The van der Waals surface area contributed by atoms with Crippen LogP contribution in [-0.2, 0) is 10.0 Å². The molecule has 31 heavy (non-hydrogen) atoms. The summed E-state index contributed by atoms with van der Waals surface area (Å²) >= 11 is 0. The normalized spacial score (nSPS) is 14.5. The Labute approximate surface area is 181 Å². The highest BCUT2D eigenvalue weighted by Crippen LogP contribution is 2.32. The summed E-state index contributed by atoms with van der Waals surface area (Å²) < 4.78 is 42.8. The average molecular weight is 448 g/mol. The number of carbonyl (C=O) groups excluding carboxylic acids is 1. The number of benzene rings is 2. The highest BCUT2D eigenvalue weighted by molar-refractivity contribution is 7.89. The van der Waals surface area contributed by atoms with E-state index >= 15 is 0 Å². The fourth-order valence-corrected chi connectivity index (χ4v) is 4.82. The molecule has 0 spiro atoms. The van der Waals surface area contributed by atoms with Crippen LogP contribution in [0.15, 0.2) is 46.4 Å². The van der Waals surface area contributed by atoms with Crippen LogP contribution in [-0.4, -0.2) is 59.3 Å². The van der Waals surface area contributed by atoms with E-state index in [2.05, 4.69) is 10.5 Å². The molecule has 1 N–H and O–H groups in total. The Morgan fingerprint density at radius 2 is 1.68 bits per heavy atom. The molecule has 1 saturated heterocycles. The van der Waals surface area contributed by atoms with Crippen molar-refractivity contribution in [1.29, 1.82) is 0 Å². The number of hydrogen-bond acceptors (Lipinski definition) is 7. The molecular formula is C21H25N3O6S. The quantitative estimate of drug-likeness (QED) is 0.491. The Kier molecular flexibility index (Phi) is 7.13. The van der Waals surface area contributed by atoms with Crippen LogP contribution in [0.4, 0.5) is 0 Å². The highest BCUT2D eigenvalue weighted by atomic mass is 32.2. The van der Waals surface area contributed by atoms with Gasteiger partial charge in [-0.1, -0.05) is 6.07 Å². The van der Waals surface area contributed by atoms with Crippen molar-refractivity contribution in [3.8, 4) is 17.2 Å². The molecule has 166 valence electrons. The SMILES string of the molecule is COc1cc(OC)c(/C=N\NC(=O)c2cccc(S(=O)(=O)N3CCCC3)c2)c(OC)c1. The summed E-state index contributed by atoms with van der Waals surface area (Å²) in [6, 6.07) is 9.24. The van der Waals surface area contributed by atoms with Crippen LogP contribution in [0, 0.1) is 0 Å². The Bertz CT molecular complexity index is 1050. The summed E-state index contributed by atoms with van der Waals surface area (Å²) in [4.78, 5) is 12.6. The van der Waals surface area contributed by atoms with Gasteiger partial charge in [-0.3, -0.25) is 4.79 Å². The second kappa shape index (κ2) is 9.80. The standard InChI is InChI=1S/C21H25N3O6S/c1-28-16-12-19(29-2)18(20(13-16)30-3)14-22-23-21(25)15-7-6-8-17(11-15)31(26,27)24-9-4-5-10-24/h6-8,11-14H,4-5,9-10H2,1-3H3,(H,23,25)/b22-14-. The van der Waals surface area contributed by atoms with E-state index in [-0.39, 0.29) is 10.5 Å². The number of nitrogens with zero attached hydrogens (tertiary/aromatic N) is 2. The number of amides is 1. The molecule has 2 aromatic rings. The first kappa shape index (κ1) is 22.6. The molecule has 0 bridgehead atoms. The van der Waals surface area contributed by atoms with Crippen molar-refractivity contribution < 1.29 is 27.4 Å². The Morgan fingerprint density at radius 1 is 1.03 bits per heavy atom. The first-order chi connectivity index (χ1) is 14.9. The molecule has 0 aromatic heterocycles. The maximum absolute atomic E-state index is 12.7. The fourth-order valence-electron chi connectivity index (χ4n) is 3.26. The third-order valence-corrected chi connectivity index (χ3v) is 6.81. The van der Waals surface area contributed by atoms with Crippen molar-refractivity contribution in [2.75, 3.05) is 34.4 Å². The number of sulfonamides is 1. The average Bonchev–Trinajstić information content (AvgIpc) is 3.34. The topological polar surface area (TPSA) is 107 Å². The Morgan fingerprint density at radius 3 is 2.26 bits per heavy atom. The largest absolute Gasteiger partial charge is 0.496 e. The van der Waals surface area contributed by atoms with Gasteiger partial charge in [0.2, 0.25) is 10.0 Å². The van der Waals surface area contributed by atoms with Gasteiger partial charge in [-0.15, -0.1) is 0 Å². The fraction of sp³-hybridized carbons (Fsp3) is 0.333. The lowest BCUT2D eigenvalue weighted by Crippen LogP contribution is -2.28. The summed E-state index contributed by atoms with van der Waals surface area (Å²) in [5.74, 6) is 0.910. The monoisotopic (exact) mass is 447 g/mol. The zero-order chi connectivity index (χ0) is 22.4. The van der Waals surface area contributed by atoms with Crippen LogP contribution >= 0.6 is 0 Å². The first-order valence-corrected chi connectivity index (χ1v) is 11.1. The molecule has 3 rings (SSSR count). The highest BCUT2D eigenvalue weighted by Gasteiger charge is 2.27. The summed E-state index contributed by atoms with van der Waals surface area (Å²) in [5.41, 5.74) is 3.10. The van der Waals surface area contributed by atoms with Crippen LogP contribution in [0.25, 0.3) is 0 Å². The third-order valence-electron chi connectivity index (χ3n) is 4.91. The van der Waals surface area contributed by atoms with Crippen molar-refractivity contribution in [3.63, 3.8) is 0 Å². The molecule has 0 aliphatic carbocycles. The molecule has 1 amide bonds. The van der Waals surface area contributed by atoms with Gasteiger partial charge in [0.15, 0.2) is 0 Å². The van der Waals surface area contributed by atoms with Crippen molar-refractivity contribution in [2.45, 2.75) is 17.7 Å². The predicted octanol–water partition coefficient (Wildman–Crippen LogP) is 2.26. The van der Waals surface area contributed by atoms with Crippen molar-refractivity contribution in [1.82, 2.24) is 9.73 Å². The number of nitrogens with one attached hydrogen (secondary N) is 1. The Hall–Kier alpha value is -3.11. The molecule has 1 fully saturated rings. The van der Waals surface area contributed by atoms with Gasteiger partial charge in [0.25, 0.3) is 5.91 Å². The molecule has 9 nitrogen and oxygen atoms in total. The summed E-state index contributed by atoms with van der Waals surface area (Å²) in [6.07, 6.45) is 3.07. The van der Waals surface area contributed by atoms with E-state index in [1.807, 2.05) is 0 Å². The lowest BCUT2D eigenvalue weighted by molar-refractivity contribution is 0.0955. The molecule has 10 heteroatoms. The molecule has 2 aromatic carbocycles. The van der Waals surface area contributed by atoms with Crippen LogP contribution in [0.1, 0.15) is 28.8 Å². The number of methoxy groups -OCH3 is 3. The van der Waals surface area contributed by atoms with Crippen LogP contribution in [0.5, 0.6) is 17.2 Å². The zero-order valence-corrected chi connectivity index (χ0v) is 18.4. The minimum atomic E-state index is -3.61. The third kappa shape index (κ3) is 4.97. The van der Waals surface area contributed by atoms with Gasteiger partial charge in [-0.2, -0.15) is 9.41 Å². The number of ether oxygens (including phenoxy) is 3. The van der Waals surface area contributed by atoms with Crippen LogP contribution in [0.3, 0.4) is 0 Å². The molecule has 0 radical (unpaired) electrons. The minimum absolute atomic E-state index is 0.0875. The van der Waals surface area contributed by atoms with Crippen molar-refractivity contribution in [2.24, 2.45) is 5.10 Å². The Balaban J connectivity index is 1.78. The van der Waals surface area contributed by atoms with Crippen LogP contribution in [0.2, 0.25) is 0 Å². The van der Waals surface area contributed by atoms with E-state index in [1.165, 1.54) is 56.1 Å². The van der Waals surface area contributed by atoms with Gasteiger partial charge in [0.05, 0.1) is 38.0 Å². The maximum atomic E-state index is 12.7.